The fourth-order valence-electron chi connectivity index (χ4n) is 0.386. The van der Waals surface area contributed by atoms with Crippen molar-refractivity contribution >= 4 is 5.97 Å². The largest absolute Gasteiger partial charge is 0.454 e. The van der Waals surface area contributed by atoms with Crippen molar-refractivity contribution in [2.75, 3.05) is 0 Å². The molecule has 11 heavy (non-hydrogen) atoms. The number of esters is 1. The highest BCUT2D eigenvalue weighted by atomic mass is 16.6. The Hall–Kier alpha value is -0.830. The minimum absolute atomic E-state index is 0.630. The Kier molecular flexibility index (Phi) is 3.26. The van der Waals surface area contributed by atoms with Gasteiger partial charge in [-0.2, -0.15) is 0 Å². The lowest BCUT2D eigenvalue weighted by Gasteiger charge is -2.21. The van der Waals surface area contributed by atoms with Crippen LogP contribution in [0, 0.1) is 0 Å². The second-order valence-corrected chi connectivity index (χ2v) is 2.90. The molecular formula is C8H14O3. The summed E-state index contributed by atoms with van der Waals surface area (Å²) in [4.78, 5) is 10.8. The minimum Gasteiger partial charge on any atom is -0.454 e. The highest BCUT2D eigenvalue weighted by Crippen LogP contribution is 2.10. The zero-order valence-corrected chi connectivity index (χ0v) is 7.13. The zero-order chi connectivity index (χ0) is 9.07. The third-order valence-corrected chi connectivity index (χ3v) is 1.20. The molecule has 0 rings (SSSR count). The van der Waals surface area contributed by atoms with E-state index in [0.29, 0.717) is 0 Å². The van der Waals surface area contributed by atoms with Gasteiger partial charge in [0.25, 0.3) is 0 Å². The summed E-state index contributed by atoms with van der Waals surface area (Å²) < 4.78 is 4.84. The standard InChI is InChI=1S/C8H14O3/c1-5-8(3,4)11-7(10)6(2)9/h5-6,9H,1H2,2-4H3. The molecule has 64 valence electrons. The van der Waals surface area contributed by atoms with Gasteiger partial charge in [-0.15, -0.1) is 0 Å². The molecule has 0 spiro atoms. The average molecular weight is 158 g/mol. The Bertz CT molecular complexity index is 159. The van der Waals surface area contributed by atoms with E-state index in [9.17, 15) is 4.79 Å². The van der Waals surface area contributed by atoms with Crippen molar-refractivity contribution in [3.8, 4) is 0 Å². The lowest BCUT2D eigenvalue weighted by Crippen LogP contribution is -2.30. The summed E-state index contributed by atoms with van der Waals surface area (Å²) >= 11 is 0. The molecule has 0 aromatic carbocycles. The van der Waals surface area contributed by atoms with Crippen molar-refractivity contribution in [2.24, 2.45) is 0 Å². The number of ether oxygens (including phenoxy) is 1. The number of hydrogen-bond donors (Lipinski definition) is 1. The molecule has 0 aliphatic heterocycles. The summed E-state index contributed by atoms with van der Waals surface area (Å²) in [6, 6.07) is 0. The molecule has 3 nitrogen and oxygen atoms in total. The van der Waals surface area contributed by atoms with Gasteiger partial charge >= 0.3 is 5.97 Å². The molecular weight excluding hydrogens is 144 g/mol. The van der Waals surface area contributed by atoms with Crippen LogP contribution in [0.5, 0.6) is 0 Å². The van der Waals surface area contributed by atoms with Gasteiger partial charge in [0.15, 0.2) is 0 Å². The maximum atomic E-state index is 10.8. The van der Waals surface area contributed by atoms with E-state index in [1.165, 1.54) is 13.0 Å². The third kappa shape index (κ3) is 3.78. The van der Waals surface area contributed by atoms with E-state index in [1.54, 1.807) is 13.8 Å². The first-order valence-corrected chi connectivity index (χ1v) is 3.43. The van der Waals surface area contributed by atoms with Crippen molar-refractivity contribution in [3.63, 3.8) is 0 Å². The molecule has 0 heterocycles. The predicted octanol–water partition coefficient (Wildman–Crippen LogP) is 0.875. The molecule has 3 heteroatoms. The van der Waals surface area contributed by atoms with Crippen LogP contribution < -0.4 is 0 Å². The molecule has 1 atom stereocenters. The third-order valence-electron chi connectivity index (χ3n) is 1.20. The lowest BCUT2D eigenvalue weighted by molar-refractivity contribution is -0.161. The van der Waals surface area contributed by atoms with E-state index in [2.05, 4.69) is 6.58 Å². The Morgan fingerprint density at radius 3 is 2.45 bits per heavy atom. The summed E-state index contributed by atoms with van der Waals surface area (Å²) in [5, 5.41) is 8.77. The summed E-state index contributed by atoms with van der Waals surface area (Å²) in [6.45, 7) is 8.24. The van der Waals surface area contributed by atoms with Crippen molar-refractivity contribution in [3.05, 3.63) is 12.7 Å². The molecule has 0 aromatic rings. The minimum atomic E-state index is -1.07. The fourth-order valence-corrected chi connectivity index (χ4v) is 0.386. The van der Waals surface area contributed by atoms with Crippen LogP contribution in [0.1, 0.15) is 20.8 Å². The van der Waals surface area contributed by atoms with Crippen LogP contribution in [0.2, 0.25) is 0 Å². The van der Waals surface area contributed by atoms with Gasteiger partial charge in [0.2, 0.25) is 0 Å². The van der Waals surface area contributed by atoms with Gasteiger partial charge in [0, 0.05) is 0 Å². The van der Waals surface area contributed by atoms with Gasteiger partial charge < -0.3 is 9.84 Å². The maximum Gasteiger partial charge on any atom is 0.335 e. The first kappa shape index (κ1) is 10.2. The van der Waals surface area contributed by atoms with Gasteiger partial charge in [-0.3, -0.25) is 0 Å². The molecule has 1 unspecified atom stereocenters. The zero-order valence-electron chi connectivity index (χ0n) is 7.13. The predicted molar refractivity (Wildman–Crippen MR) is 42.0 cm³/mol. The van der Waals surface area contributed by atoms with E-state index >= 15 is 0 Å². The van der Waals surface area contributed by atoms with Crippen LogP contribution in [0.3, 0.4) is 0 Å². The summed E-state index contributed by atoms with van der Waals surface area (Å²) in [5.74, 6) is -0.630. The van der Waals surface area contributed by atoms with Crippen molar-refractivity contribution in [1.29, 1.82) is 0 Å². The normalized spacial score (nSPS) is 13.8. The molecule has 1 N–H and O–H groups in total. The summed E-state index contributed by atoms with van der Waals surface area (Å²) in [7, 11) is 0. The number of carbonyl (C=O) groups excluding carboxylic acids is 1. The van der Waals surface area contributed by atoms with E-state index in [1.807, 2.05) is 0 Å². The topological polar surface area (TPSA) is 46.5 Å². The van der Waals surface area contributed by atoms with Crippen LogP contribution in [0.4, 0.5) is 0 Å². The Labute approximate surface area is 66.7 Å². The van der Waals surface area contributed by atoms with E-state index in [0.717, 1.165) is 0 Å². The van der Waals surface area contributed by atoms with Gasteiger partial charge in [-0.1, -0.05) is 6.58 Å². The van der Waals surface area contributed by atoms with Crippen LogP contribution in [0.15, 0.2) is 12.7 Å². The van der Waals surface area contributed by atoms with E-state index in [4.69, 9.17) is 9.84 Å². The van der Waals surface area contributed by atoms with Crippen LogP contribution in [-0.2, 0) is 9.53 Å². The Morgan fingerprint density at radius 1 is 1.73 bits per heavy atom. The molecule has 0 saturated carbocycles. The molecule has 0 aliphatic rings. The summed E-state index contributed by atoms with van der Waals surface area (Å²) in [6.07, 6.45) is 0.432. The number of aliphatic hydroxyl groups excluding tert-OH is 1. The second kappa shape index (κ2) is 3.53. The van der Waals surface area contributed by atoms with Crippen molar-refractivity contribution < 1.29 is 14.6 Å². The van der Waals surface area contributed by atoms with E-state index < -0.39 is 17.7 Å². The first-order chi connectivity index (χ1) is 4.89. The SMILES string of the molecule is C=CC(C)(C)OC(=O)C(C)O. The number of hydrogen-bond acceptors (Lipinski definition) is 3. The van der Waals surface area contributed by atoms with Gasteiger partial charge in [-0.05, 0) is 26.8 Å². The summed E-state index contributed by atoms with van der Waals surface area (Å²) in [5.41, 5.74) is -0.700. The van der Waals surface area contributed by atoms with Crippen LogP contribution in [0.25, 0.3) is 0 Å². The molecule has 0 amide bonds. The Balaban J connectivity index is 4.04. The first-order valence-electron chi connectivity index (χ1n) is 3.43. The molecule has 0 saturated heterocycles. The average Bonchev–Trinajstić information content (AvgIpc) is 1.87. The van der Waals surface area contributed by atoms with Gasteiger partial charge in [0.1, 0.15) is 11.7 Å². The number of carbonyl (C=O) groups is 1. The number of rotatable bonds is 3. The van der Waals surface area contributed by atoms with Crippen molar-refractivity contribution in [1.82, 2.24) is 0 Å². The van der Waals surface area contributed by atoms with Crippen molar-refractivity contribution in [2.45, 2.75) is 32.5 Å². The molecule has 0 aliphatic carbocycles. The fraction of sp³-hybridized carbons (Fsp3) is 0.625. The van der Waals surface area contributed by atoms with Crippen LogP contribution in [-0.4, -0.2) is 22.8 Å². The molecule has 0 aromatic heterocycles. The van der Waals surface area contributed by atoms with E-state index in [-0.39, 0.29) is 0 Å². The smallest absolute Gasteiger partial charge is 0.335 e. The van der Waals surface area contributed by atoms with Gasteiger partial charge in [0.05, 0.1) is 0 Å². The molecule has 0 radical (unpaired) electrons. The highest BCUT2D eigenvalue weighted by Gasteiger charge is 2.21. The lowest BCUT2D eigenvalue weighted by atomic mass is 10.1. The Morgan fingerprint density at radius 2 is 2.18 bits per heavy atom. The number of aliphatic hydroxyl groups is 1. The molecule has 0 bridgehead atoms. The van der Waals surface area contributed by atoms with Gasteiger partial charge in [-0.25, -0.2) is 4.79 Å². The quantitative estimate of drug-likeness (QED) is 0.489. The monoisotopic (exact) mass is 158 g/mol. The second-order valence-electron chi connectivity index (χ2n) is 2.90. The highest BCUT2D eigenvalue weighted by molar-refractivity contribution is 5.74. The maximum absolute atomic E-state index is 10.8. The van der Waals surface area contributed by atoms with Crippen LogP contribution >= 0.6 is 0 Å². The molecule has 0 fully saturated rings.